The molecule has 162 valence electrons. The van der Waals surface area contributed by atoms with E-state index >= 15 is 0 Å². The van der Waals surface area contributed by atoms with Gasteiger partial charge in [0.15, 0.2) is 16.6 Å². The van der Waals surface area contributed by atoms with Gasteiger partial charge in [0.25, 0.3) is 5.91 Å². The van der Waals surface area contributed by atoms with Gasteiger partial charge in [-0.2, -0.15) is 0 Å². The molecule has 6 nitrogen and oxygen atoms in total. The average molecular weight is 439 g/mol. The number of hydrogen-bond acceptors (Lipinski definition) is 5. The molecule has 1 saturated heterocycles. The largest absolute Gasteiger partial charge is 0.494 e. The lowest BCUT2D eigenvalue weighted by Gasteiger charge is -2.16. The molecule has 31 heavy (non-hydrogen) atoms. The van der Waals surface area contributed by atoms with Crippen LogP contribution in [0.1, 0.15) is 19.4 Å². The Labute approximate surface area is 188 Å². The third-order valence-electron chi connectivity index (χ3n) is 4.60. The molecule has 0 unspecified atom stereocenters. The summed E-state index contributed by atoms with van der Waals surface area (Å²) in [5, 5.41) is 0.413. The zero-order chi connectivity index (χ0) is 22.4. The predicted molar refractivity (Wildman–Crippen MR) is 127 cm³/mol. The van der Waals surface area contributed by atoms with Crippen molar-refractivity contribution < 1.29 is 19.0 Å². The summed E-state index contributed by atoms with van der Waals surface area (Å²) >= 11 is 5.54. The van der Waals surface area contributed by atoms with Crippen molar-refractivity contribution in [2.45, 2.75) is 13.8 Å². The molecule has 1 aliphatic heterocycles. The van der Waals surface area contributed by atoms with Crippen LogP contribution in [0.3, 0.4) is 0 Å². The molecule has 3 rings (SSSR count). The van der Waals surface area contributed by atoms with E-state index in [2.05, 4.69) is 6.58 Å². The molecule has 2 aromatic carbocycles. The van der Waals surface area contributed by atoms with Gasteiger partial charge in [-0.3, -0.25) is 9.69 Å². The van der Waals surface area contributed by atoms with Crippen LogP contribution in [0.5, 0.6) is 17.2 Å². The molecule has 7 heteroatoms. The number of anilines is 1. The first-order valence-electron chi connectivity index (χ1n) is 10.1. The van der Waals surface area contributed by atoms with Crippen LogP contribution in [-0.2, 0) is 4.79 Å². The van der Waals surface area contributed by atoms with Gasteiger partial charge in [-0.25, -0.2) is 0 Å². The van der Waals surface area contributed by atoms with Crippen molar-refractivity contribution in [1.29, 1.82) is 0 Å². The molecule has 0 aromatic heterocycles. The van der Waals surface area contributed by atoms with Crippen LogP contribution in [0, 0.1) is 0 Å². The van der Waals surface area contributed by atoms with E-state index in [0.29, 0.717) is 47.8 Å². The number of ether oxygens (including phenoxy) is 3. The molecule has 0 aliphatic carbocycles. The van der Waals surface area contributed by atoms with Crippen LogP contribution in [0.2, 0.25) is 0 Å². The van der Waals surface area contributed by atoms with Gasteiger partial charge in [0, 0.05) is 7.05 Å². The SMILES string of the molecule is C=CCOc1ccc(/C=C2/C(=O)N(c3ccc(OCC)cc3)C(=S)N2C)cc1OCC. The molecule has 0 radical (unpaired) electrons. The Balaban J connectivity index is 1.90. The van der Waals surface area contributed by atoms with E-state index in [4.69, 9.17) is 26.4 Å². The van der Waals surface area contributed by atoms with Gasteiger partial charge in [-0.1, -0.05) is 18.7 Å². The van der Waals surface area contributed by atoms with Gasteiger partial charge in [0.05, 0.1) is 18.9 Å². The van der Waals surface area contributed by atoms with Crippen molar-refractivity contribution in [3.63, 3.8) is 0 Å². The third-order valence-corrected chi connectivity index (χ3v) is 5.05. The number of hydrogen-bond donors (Lipinski definition) is 0. The molecule has 1 heterocycles. The van der Waals surface area contributed by atoms with Gasteiger partial charge in [-0.05, 0) is 74.1 Å². The summed E-state index contributed by atoms with van der Waals surface area (Å²) in [6.45, 7) is 8.96. The van der Waals surface area contributed by atoms with Gasteiger partial charge >= 0.3 is 0 Å². The van der Waals surface area contributed by atoms with Crippen molar-refractivity contribution >= 4 is 35.0 Å². The second-order valence-electron chi connectivity index (χ2n) is 6.68. The van der Waals surface area contributed by atoms with E-state index in [-0.39, 0.29) is 5.91 Å². The standard InChI is InChI=1S/C24H26N2O4S/c1-5-14-30-21-13-8-17(16-22(21)29-7-3)15-20-23(27)26(24(31)25(20)4)18-9-11-19(12-10-18)28-6-2/h5,8-13,15-16H,1,6-7,14H2,2-4H3/b20-15-. The van der Waals surface area contributed by atoms with Crippen molar-refractivity contribution in [2.75, 3.05) is 31.8 Å². The molecule has 0 N–H and O–H groups in total. The first-order valence-corrected chi connectivity index (χ1v) is 10.5. The second-order valence-corrected chi connectivity index (χ2v) is 7.04. The Morgan fingerprint density at radius 1 is 1.00 bits per heavy atom. The van der Waals surface area contributed by atoms with E-state index in [1.165, 1.54) is 4.90 Å². The highest BCUT2D eigenvalue weighted by Gasteiger charge is 2.36. The lowest BCUT2D eigenvalue weighted by molar-refractivity contribution is -0.114. The van der Waals surface area contributed by atoms with E-state index in [9.17, 15) is 4.79 Å². The lowest BCUT2D eigenvalue weighted by atomic mass is 10.1. The normalized spacial score (nSPS) is 14.9. The average Bonchev–Trinajstić information content (AvgIpc) is 2.97. The van der Waals surface area contributed by atoms with Crippen LogP contribution in [0.4, 0.5) is 5.69 Å². The molecule has 1 amide bonds. The topological polar surface area (TPSA) is 51.2 Å². The zero-order valence-electron chi connectivity index (χ0n) is 18.0. The molecular formula is C24H26N2O4S. The number of benzene rings is 2. The number of amides is 1. The number of carbonyl (C=O) groups is 1. The number of rotatable bonds is 9. The van der Waals surface area contributed by atoms with Gasteiger partial charge < -0.3 is 19.1 Å². The minimum absolute atomic E-state index is 0.193. The van der Waals surface area contributed by atoms with E-state index in [1.807, 2.05) is 56.3 Å². The number of thiocarbonyl (C=S) groups is 1. The monoisotopic (exact) mass is 438 g/mol. The van der Waals surface area contributed by atoms with Gasteiger partial charge in [0.1, 0.15) is 18.1 Å². The Hall–Kier alpha value is -3.32. The highest BCUT2D eigenvalue weighted by Crippen LogP contribution is 2.32. The summed E-state index contributed by atoms with van der Waals surface area (Å²) in [5.41, 5.74) is 1.97. The molecule has 0 saturated carbocycles. The summed E-state index contributed by atoms with van der Waals surface area (Å²) in [5.74, 6) is 1.79. The summed E-state index contributed by atoms with van der Waals surface area (Å²) in [7, 11) is 1.78. The minimum Gasteiger partial charge on any atom is -0.494 e. The minimum atomic E-state index is -0.193. The quantitative estimate of drug-likeness (QED) is 0.323. The molecule has 0 spiro atoms. The van der Waals surface area contributed by atoms with Crippen LogP contribution in [-0.4, -0.2) is 42.8 Å². The maximum atomic E-state index is 13.2. The fraction of sp³-hybridized carbons (Fsp3) is 0.250. The van der Waals surface area contributed by atoms with Crippen LogP contribution < -0.4 is 19.1 Å². The van der Waals surface area contributed by atoms with Crippen LogP contribution >= 0.6 is 12.2 Å². The summed E-state index contributed by atoms with van der Waals surface area (Å²) < 4.78 is 16.8. The number of likely N-dealkylation sites (N-methyl/N-ethyl adjacent to an activating group) is 1. The first kappa shape index (κ1) is 22.4. The van der Waals surface area contributed by atoms with Crippen LogP contribution in [0.25, 0.3) is 6.08 Å². The maximum Gasteiger partial charge on any atom is 0.281 e. The molecular weight excluding hydrogens is 412 g/mol. The molecule has 0 bridgehead atoms. The summed E-state index contributed by atoms with van der Waals surface area (Å²) in [6.07, 6.45) is 3.47. The Kier molecular flexibility index (Phi) is 7.31. The zero-order valence-corrected chi connectivity index (χ0v) is 18.8. The van der Waals surface area contributed by atoms with Crippen LogP contribution in [0.15, 0.2) is 60.8 Å². The third kappa shape index (κ3) is 4.88. The molecule has 0 atom stereocenters. The molecule has 1 fully saturated rings. The maximum absolute atomic E-state index is 13.2. The Bertz CT molecular complexity index is 1000. The van der Waals surface area contributed by atoms with Crippen molar-refractivity contribution in [1.82, 2.24) is 4.90 Å². The Morgan fingerprint density at radius 3 is 2.35 bits per heavy atom. The fourth-order valence-electron chi connectivity index (χ4n) is 3.15. The van der Waals surface area contributed by atoms with E-state index in [0.717, 1.165) is 11.3 Å². The van der Waals surface area contributed by atoms with Gasteiger partial charge in [0.2, 0.25) is 0 Å². The van der Waals surface area contributed by atoms with Crippen molar-refractivity contribution in [2.24, 2.45) is 0 Å². The number of nitrogens with zero attached hydrogens (tertiary/aromatic N) is 2. The highest BCUT2D eigenvalue weighted by molar-refractivity contribution is 7.80. The summed E-state index contributed by atoms with van der Waals surface area (Å²) in [4.78, 5) is 16.4. The van der Waals surface area contributed by atoms with E-state index < -0.39 is 0 Å². The smallest absolute Gasteiger partial charge is 0.281 e. The summed E-state index contributed by atoms with van der Waals surface area (Å²) in [6, 6.07) is 12.8. The van der Waals surface area contributed by atoms with Gasteiger partial charge in [-0.15, -0.1) is 0 Å². The predicted octanol–water partition coefficient (Wildman–Crippen LogP) is 4.65. The van der Waals surface area contributed by atoms with Crippen molar-refractivity contribution in [3.8, 4) is 17.2 Å². The lowest BCUT2D eigenvalue weighted by Crippen LogP contribution is -2.31. The Morgan fingerprint density at radius 2 is 1.71 bits per heavy atom. The second kappa shape index (κ2) is 10.1. The molecule has 2 aromatic rings. The highest BCUT2D eigenvalue weighted by atomic mass is 32.1. The molecule has 1 aliphatic rings. The van der Waals surface area contributed by atoms with Crippen molar-refractivity contribution in [3.05, 3.63) is 66.4 Å². The van der Waals surface area contributed by atoms with E-state index in [1.54, 1.807) is 24.1 Å². The number of carbonyl (C=O) groups excluding carboxylic acids is 1. The first-order chi connectivity index (χ1) is 15.0. The fourth-order valence-corrected chi connectivity index (χ4v) is 3.44.